The van der Waals surface area contributed by atoms with Crippen LogP contribution in [0.2, 0.25) is 0 Å². The van der Waals surface area contributed by atoms with Crippen LogP contribution in [0.15, 0.2) is 23.2 Å². The Bertz CT molecular complexity index is 609. The number of nitrogens with zero attached hydrogens (tertiary/aromatic N) is 1. The number of benzene rings is 1. The minimum Gasteiger partial charge on any atom is -0.454 e. The fraction of sp³-hybridized carbons (Fsp3) is 0.650. The Morgan fingerprint density at radius 2 is 2.14 bits per heavy atom. The molecule has 2 N–H and O–H groups in total. The summed E-state index contributed by atoms with van der Waals surface area (Å²) >= 11 is 0. The van der Waals surface area contributed by atoms with Gasteiger partial charge >= 0.3 is 0 Å². The first-order valence-electron chi connectivity index (χ1n) is 9.95. The average Bonchev–Trinajstić information content (AvgIpc) is 3.35. The number of aliphatic imine (C=N–C) groups is 1. The van der Waals surface area contributed by atoms with Gasteiger partial charge in [-0.3, -0.25) is 4.99 Å². The Kier molecular flexibility index (Phi) is 10.7. The number of halogens is 1. The summed E-state index contributed by atoms with van der Waals surface area (Å²) < 4.78 is 22.0. The lowest BCUT2D eigenvalue weighted by atomic mass is 10.1. The molecule has 28 heavy (non-hydrogen) atoms. The van der Waals surface area contributed by atoms with Crippen LogP contribution in [0.3, 0.4) is 0 Å². The Balaban J connectivity index is 0.00000280. The molecule has 1 fully saturated rings. The molecule has 1 saturated heterocycles. The lowest BCUT2D eigenvalue weighted by Crippen LogP contribution is -2.38. The highest BCUT2D eigenvalue weighted by atomic mass is 127. The van der Waals surface area contributed by atoms with Crippen molar-refractivity contribution in [3.05, 3.63) is 23.8 Å². The van der Waals surface area contributed by atoms with Crippen molar-refractivity contribution in [3.8, 4) is 11.5 Å². The van der Waals surface area contributed by atoms with Crippen LogP contribution in [-0.2, 0) is 15.9 Å². The van der Waals surface area contributed by atoms with E-state index in [0.717, 1.165) is 76.0 Å². The van der Waals surface area contributed by atoms with Crippen LogP contribution in [0.25, 0.3) is 0 Å². The Labute approximate surface area is 184 Å². The topological polar surface area (TPSA) is 73.3 Å². The Hall–Kier alpha value is -1.26. The number of fused-ring (bicyclic) bond motifs is 1. The summed E-state index contributed by atoms with van der Waals surface area (Å²) in [4.78, 5) is 4.61. The molecule has 2 aliphatic heterocycles. The predicted molar refractivity (Wildman–Crippen MR) is 120 cm³/mol. The molecule has 3 rings (SSSR count). The summed E-state index contributed by atoms with van der Waals surface area (Å²) in [7, 11) is 0. The molecule has 1 aromatic rings. The minimum atomic E-state index is 0. The van der Waals surface area contributed by atoms with Crippen molar-refractivity contribution >= 4 is 29.9 Å². The van der Waals surface area contributed by atoms with Crippen molar-refractivity contribution in [2.75, 3.05) is 46.2 Å². The summed E-state index contributed by atoms with van der Waals surface area (Å²) in [5, 5.41) is 6.66. The number of hydrogen-bond acceptors (Lipinski definition) is 5. The first-order chi connectivity index (χ1) is 13.3. The van der Waals surface area contributed by atoms with Crippen molar-refractivity contribution in [2.45, 2.75) is 38.7 Å². The maximum atomic E-state index is 5.68. The van der Waals surface area contributed by atoms with Crippen LogP contribution in [0.1, 0.15) is 31.7 Å². The van der Waals surface area contributed by atoms with Gasteiger partial charge in [-0.05, 0) is 50.3 Å². The fourth-order valence-corrected chi connectivity index (χ4v) is 3.11. The summed E-state index contributed by atoms with van der Waals surface area (Å²) in [6.07, 6.45) is 4.37. The zero-order valence-corrected chi connectivity index (χ0v) is 18.9. The highest BCUT2D eigenvalue weighted by Crippen LogP contribution is 2.32. The van der Waals surface area contributed by atoms with E-state index in [1.807, 2.05) is 12.1 Å². The summed E-state index contributed by atoms with van der Waals surface area (Å²) in [5.74, 6) is 2.50. The van der Waals surface area contributed by atoms with Crippen LogP contribution in [0.4, 0.5) is 0 Å². The first kappa shape index (κ1) is 23.0. The molecule has 7 nitrogen and oxygen atoms in total. The SMILES string of the molecule is CCNC(=NCCCOCC1CCCO1)NCCc1ccc2c(c1)OCO2.I. The number of nitrogens with one attached hydrogen (secondary N) is 2. The molecule has 0 aromatic heterocycles. The second-order valence-electron chi connectivity index (χ2n) is 6.69. The summed E-state index contributed by atoms with van der Waals surface area (Å²) in [6.45, 7) is 7.07. The van der Waals surface area contributed by atoms with E-state index in [0.29, 0.717) is 19.5 Å². The third kappa shape index (κ3) is 7.63. The fourth-order valence-electron chi connectivity index (χ4n) is 3.11. The molecule has 0 bridgehead atoms. The summed E-state index contributed by atoms with van der Waals surface area (Å²) in [5.41, 5.74) is 1.21. The van der Waals surface area contributed by atoms with Crippen molar-refractivity contribution in [2.24, 2.45) is 4.99 Å². The Morgan fingerprint density at radius 3 is 2.96 bits per heavy atom. The largest absolute Gasteiger partial charge is 0.454 e. The van der Waals surface area contributed by atoms with Crippen molar-refractivity contribution < 1.29 is 18.9 Å². The van der Waals surface area contributed by atoms with Gasteiger partial charge in [0.05, 0.1) is 12.7 Å². The van der Waals surface area contributed by atoms with Crippen LogP contribution in [0, 0.1) is 0 Å². The van der Waals surface area contributed by atoms with Gasteiger partial charge in [0.1, 0.15) is 0 Å². The van der Waals surface area contributed by atoms with Gasteiger partial charge in [0.15, 0.2) is 17.5 Å². The number of rotatable bonds is 10. The van der Waals surface area contributed by atoms with Gasteiger partial charge < -0.3 is 29.6 Å². The second-order valence-corrected chi connectivity index (χ2v) is 6.69. The molecule has 1 aromatic carbocycles. The zero-order chi connectivity index (χ0) is 18.7. The van der Waals surface area contributed by atoms with Gasteiger partial charge in [0.25, 0.3) is 0 Å². The normalized spacial score (nSPS) is 18.0. The molecule has 1 unspecified atom stereocenters. The van der Waals surface area contributed by atoms with Gasteiger partial charge in [0, 0.05) is 32.8 Å². The predicted octanol–water partition coefficient (Wildman–Crippen LogP) is 2.72. The first-order valence-corrected chi connectivity index (χ1v) is 9.95. The van der Waals surface area contributed by atoms with Gasteiger partial charge in [-0.2, -0.15) is 0 Å². The van der Waals surface area contributed by atoms with Crippen molar-refractivity contribution in [1.29, 1.82) is 0 Å². The molecular weight excluding hydrogens is 473 g/mol. The second kappa shape index (κ2) is 13.1. The maximum Gasteiger partial charge on any atom is 0.231 e. The van der Waals surface area contributed by atoms with Crippen molar-refractivity contribution in [3.63, 3.8) is 0 Å². The van der Waals surface area contributed by atoms with E-state index < -0.39 is 0 Å². The lowest BCUT2D eigenvalue weighted by Gasteiger charge is -2.12. The molecule has 0 saturated carbocycles. The molecular formula is C20H32IN3O4. The molecule has 0 amide bonds. The van der Waals surface area contributed by atoms with E-state index in [1.165, 1.54) is 5.56 Å². The quantitative estimate of drug-likeness (QED) is 0.221. The number of guanidine groups is 1. The zero-order valence-electron chi connectivity index (χ0n) is 16.6. The van der Waals surface area contributed by atoms with Crippen LogP contribution in [0.5, 0.6) is 11.5 Å². The van der Waals surface area contributed by atoms with E-state index >= 15 is 0 Å². The number of ether oxygens (including phenoxy) is 4. The molecule has 0 aliphatic carbocycles. The minimum absolute atomic E-state index is 0. The summed E-state index contributed by atoms with van der Waals surface area (Å²) in [6, 6.07) is 6.08. The Morgan fingerprint density at radius 1 is 1.25 bits per heavy atom. The maximum absolute atomic E-state index is 5.68. The third-order valence-electron chi connectivity index (χ3n) is 4.53. The molecule has 8 heteroatoms. The van der Waals surface area contributed by atoms with Gasteiger partial charge in [-0.15, -0.1) is 24.0 Å². The number of hydrogen-bond donors (Lipinski definition) is 2. The van der Waals surface area contributed by atoms with Crippen LogP contribution in [-0.4, -0.2) is 58.3 Å². The molecule has 158 valence electrons. The van der Waals surface area contributed by atoms with Crippen molar-refractivity contribution in [1.82, 2.24) is 10.6 Å². The highest BCUT2D eigenvalue weighted by molar-refractivity contribution is 14.0. The lowest BCUT2D eigenvalue weighted by molar-refractivity contribution is 0.0171. The molecule has 2 heterocycles. The van der Waals surface area contributed by atoms with Crippen LogP contribution < -0.4 is 20.1 Å². The molecule has 2 aliphatic rings. The van der Waals surface area contributed by atoms with Gasteiger partial charge in [-0.1, -0.05) is 6.07 Å². The standard InChI is InChI=1S/C20H31N3O4.HI/c1-2-21-20(22-9-4-11-24-14-17-5-3-12-25-17)23-10-8-16-6-7-18-19(13-16)27-15-26-18;/h6-7,13,17H,2-5,8-12,14-15H2,1H3,(H2,21,22,23);1H. The molecule has 1 atom stereocenters. The molecule has 0 radical (unpaired) electrons. The van der Waals surface area contributed by atoms with E-state index in [1.54, 1.807) is 0 Å². The monoisotopic (exact) mass is 505 g/mol. The van der Waals surface area contributed by atoms with E-state index in [2.05, 4.69) is 28.6 Å². The van der Waals surface area contributed by atoms with Gasteiger partial charge in [0.2, 0.25) is 6.79 Å². The third-order valence-corrected chi connectivity index (χ3v) is 4.53. The highest BCUT2D eigenvalue weighted by Gasteiger charge is 2.15. The molecule has 0 spiro atoms. The van der Waals surface area contributed by atoms with E-state index in [4.69, 9.17) is 18.9 Å². The van der Waals surface area contributed by atoms with E-state index in [-0.39, 0.29) is 24.0 Å². The van der Waals surface area contributed by atoms with Crippen LogP contribution >= 0.6 is 24.0 Å². The van der Waals surface area contributed by atoms with Gasteiger partial charge in [-0.25, -0.2) is 0 Å². The average molecular weight is 505 g/mol. The smallest absolute Gasteiger partial charge is 0.231 e. The van der Waals surface area contributed by atoms with E-state index in [9.17, 15) is 0 Å².